The maximum atomic E-state index is 13.0. The van der Waals surface area contributed by atoms with E-state index in [9.17, 15) is 13.6 Å². The van der Waals surface area contributed by atoms with Gasteiger partial charge in [0.15, 0.2) is 5.75 Å². The predicted molar refractivity (Wildman–Crippen MR) is 58.0 cm³/mol. The summed E-state index contributed by atoms with van der Waals surface area (Å²) >= 11 is 0. The summed E-state index contributed by atoms with van der Waals surface area (Å²) in [7, 11) is 3.70. The average Bonchev–Trinajstić information content (AvgIpc) is 2.37. The number of hydrogen-bond acceptors (Lipinski definition) is 5. The van der Waals surface area contributed by atoms with Crippen LogP contribution in [0.1, 0.15) is 17.6 Å². The molecule has 7 heteroatoms. The fourth-order valence-electron chi connectivity index (χ4n) is 1.48. The summed E-state index contributed by atoms with van der Waals surface area (Å²) in [5.41, 5.74) is -0.357. The van der Waals surface area contributed by atoms with E-state index in [2.05, 4.69) is 9.72 Å². The summed E-state index contributed by atoms with van der Waals surface area (Å²) in [6, 6.07) is 0. The van der Waals surface area contributed by atoms with E-state index >= 15 is 0 Å². The molecule has 5 nitrogen and oxygen atoms in total. The fraction of sp³-hybridized carbons (Fsp3) is 0.455. The van der Waals surface area contributed by atoms with Crippen LogP contribution in [0.4, 0.5) is 8.78 Å². The molecule has 0 fully saturated rings. The van der Waals surface area contributed by atoms with E-state index in [1.165, 1.54) is 21.3 Å². The lowest BCUT2D eigenvalue weighted by atomic mass is 10.1. The van der Waals surface area contributed by atoms with Crippen molar-refractivity contribution in [2.24, 2.45) is 0 Å². The van der Waals surface area contributed by atoms with Crippen LogP contribution in [0, 0.1) is 0 Å². The van der Waals surface area contributed by atoms with E-state index in [1.54, 1.807) is 0 Å². The van der Waals surface area contributed by atoms with Gasteiger partial charge in [0.1, 0.15) is 0 Å². The Bertz CT molecular complexity index is 437. The number of rotatable bonds is 5. The highest BCUT2D eigenvalue weighted by atomic mass is 19.3. The largest absolute Gasteiger partial charge is 0.491 e. The molecule has 0 radical (unpaired) electrons. The second-order valence-electron chi connectivity index (χ2n) is 3.29. The highest BCUT2D eigenvalue weighted by molar-refractivity contribution is 5.73. The standard InChI is InChI=1S/C11H13F2NO4/c1-16-7(15)4-6-5-14-11(18-3)9(17-2)8(6)10(12)13/h5,10H,4H2,1-3H3. The number of carbonyl (C=O) groups is 1. The zero-order valence-electron chi connectivity index (χ0n) is 10.2. The van der Waals surface area contributed by atoms with Gasteiger partial charge in [-0.3, -0.25) is 4.79 Å². The van der Waals surface area contributed by atoms with Crippen molar-refractivity contribution in [1.82, 2.24) is 4.98 Å². The molecule has 0 atom stereocenters. The van der Waals surface area contributed by atoms with E-state index in [0.29, 0.717) is 0 Å². The highest BCUT2D eigenvalue weighted by Crippen LogP contribution is 2.37. The minimum atomic E-state index is -2.81. The van der Waals surface area contributed by atoms with Crippen LogP contribution < -0.4 is 9.47 Å². The quantitative estimate of drug-likeness (QED) is 0.756. The molecule has 0 aromatic carbocycles. The van der Waals surface area contributed by atoms with Crippen LogP contribution in [-0.4, -0.2) is 32.3 Å². The van der Waals surface area contributed by atoms with Crippen molar-refractivity contribution in [2.75, 3.05) is 21.3 Å². The molecule has 0 unspecified atom stereocenters. The van der Waals surface area contributed by atoms with Gasteiger partial charge in [-0.2, -0.15) is 0 Å². The first-order valence-electron chi connectivity index (χ1n) is 4.99. The van der Waals surface area contributed by atoms with Gasteiger partial charge in [-0.25, -0.2) is 13.8 Å². The summed E-state index contributed by atoms with van der Waals surface area (Å²) in [5, 5.41) is 0. The first-order valence-corrected chi connectivity index (χ1v) is 4.99. The van der Waals surface area contributed by atoms with E-state index < -0.39 is 18.0 Å². The van der Waals surface area contributed by atoms with Crippen LogP contribution in [-0.2, 0) is 16.0 Å². The van der Waals surface area contributed by atoms with Crippen LogP contribution >= 0.6 is 0 Å². The molecule has 1 rings (SSSR count). The van der Waals surface area contributed by atoms with Gasteiger partial charge in [0.05, 0.1) is 33.3 Å². The number of esters is 1. The summed E-state index contributed by atoms with van der Waals surface area (Å²) < 4.78 is 40.2. The number of ether oxygens (including phenoxy) is 3. The van der Waals surface area contributed by atoms with Gasteiger partial charge in [-0.1, -0.05) is 0 Å². The van der Waals surface area contributed by atoms with Gasteiger partial charge in [0, 0.05) is 6.20 Å². The number of methoxy groups -OCH3 is 3. The van der Waals surface area contributed by atoms with Crippen LogP contribution in [0.3, 0.4) is 0 Å². The number of nitrogens with zero attached hydrogens (tertiary/aromatic N) is 1. The van der Waals surface area contributed by atoms with Crippen molar-refractivity contribution in [1.29, 1.82) is 0 Å². The number of alkyl halides is 2. The molecule has 0 aliphatic heterocycles. The lowest BCUT2D eigenvalue weighted by molar-refractivity contribution is -0.139. The average molecular weight is 261 g/mol. The molecule has 100 valence electrons. The molecular weight excluding hydrogens is 248 g/mol. The molecule has 0 saturated carbocycles. The van der Waals surface area contributed by atoms with Crippen LogP contribution in [0.2, 0.25) is 0 Å². The third-order valence-electron chi connectivity index (χ3n) is 2.30. The van der Waals surface area contributed by atoms with E-state index in [4.69, 9.17) is 9.47 Å². The molecule has 0 N–H and O–H groups in total. The Kier molecular flexibility index (Phi) is 4.82. The molecule has 0 aliphatic rings. The third-order valence-corrected chi connectivity index (χ3v) is 2.30. The molecule has 0 spiro atoms. The summed E-state index contributed by atoms with van der Waals surface area (Å²) in [6.45, 7) is 0. The Morgan fingerprint density at radius 2 is 2.00 bits per heavy atom. The lowest BCUT2D eigenvalue weighted by Crippen LogP contribution is -2.10. The number of carbonyl (C=O) groups excluding carboxylic acids is 1. The Hall–Kier alpha value is -1.92. The normalized spacial score (nSPS) is 10.3. The smallest absolute Gasteiger partial charge is 0.310 e. The molecule has 0 aliphatic carbocycles. The summed E-state index contributed by atoms with van der Waals surface area (Å²) in [5.74, 6) is -0.860. The van der Waals surface area contributed by atoms with Crippen molar-refractivity contribution >= 4 is 5.97 Å². The van der Waals surface area contributed by atoms with Gasteiger partial charge < -0.3 is 14.2 Å². The zero-order chi connectivity index (χ0) is 13.7. The van der Waals surface area contributed by atoms with Gasteiger partial charge in [-0.15, -0.1) is 0 Å². The van der Waals surface area contributed by atoms with Crippen molar-refractivity contribution in [3.05, 3.63) is 17.3 Å². The lowest BCUT2D eigenvalue weighted by Gasteiger charge is -2.14. The van der Waals surface area contributed by atoms with Gasteiger partial charge in [-0.05, 0) is 5.56 Å². The summed E-state index contributed by atoms with van der Waals surface area (Å²) in [6.07, 6.45) is -1.96. The van der Waals surface area contributed by atoms with Crippen LogP contribution in [0.25, 0.3) is 0 Å². The SMILES string of the molecule is COC(=O)Cc1cnc(OC)c(OC)c1C(F)F. The molecule has 1 heterocycles. The molecule has 0 amide bonds. The minimum Gasteiger partial charge on any atom is -0.491 e. The Balaban J connectivity index is 3.30. The summed E-state index contributed by atoms with van der Waals surface area (Å²) in [4.78, 5) is 15.0. The fourth-order valence-corrected chi connectivity index (χ4v) is 1.48. The van der Waals surface area contributed by atoms with Gasteiger partial charge in [0.25, 0.3) is 12.3 Å². The van der Waals surface area contributed by atoms with E-state index in [1.807, 2.05) is 0 Å². The predicted octanol–water partition coefficient (Wildman–Crippen LogP) is 1.75. The van der Waals surface area contributed by atoms with Crippen LogP contribution in [0.15, 0.2) is 6.20 Å². The maximum Gasteiger partial charge on any atom is 0.310 e. The molecule has 1 aromatic rings. The molecule has 0 bridgehead atoms. The maximum absolute atomic E-state index is 13.0. The van der Waals surface area contributed by atoms with Crippen molar-refractivity contribution in [3.63, 3.8) is 0 Å². The number of aromatic nitrogens is 1. The molecule has 1 aromatic heterocycles. The zero-order valence-corrected chi connectivity index (χ0v) is 10.2. The van der Waals surface area contributed by atoms with Crippen molar-refractivity contribution in [2.45, 2.75) is 12.8 Å². The Morgan fingerprint density at radius 1 is 1.33 bits per heavy atom. The minimum absolute atomic E-state index is 0.0505. The highest BCUT2D eigenvalue weighted by Gasteiger charge is 2.25. The Morgan fingerprint density at radius 3 is 2.44 bits per heavy atom. The van der Waals surface area contributed by atoms with E-state index in [0.717, 1.165) is 6.20 Å². The van der Waals surface area contributed by atoms with Crippen molar-refractivity contribution < 1.29 is 27.8 Å². The Labute approximate surface area is 103 Å². The first kappa shape index (κ1) is 14.1. The van der Waals surface area contributed by atoms with Gasteiger partial charge in [0.2, 0.25) is 0 Å². The van der Waals surface area contributed by atoms with Gasteiger partial charge >= 0.3 is 5.97 Å². The third kappa shape index (κ3) is 2.85. The van der Waals surface area contributed by atoms with E-state index in [-0.39, 0.29) is 23.6 Å². The number of hydrogen-bond donors (Lipinski definition) is 0. The van der Waals surface area contributed by atoms with Crippen LogP contribution in [0.5, 0.6) is 11.6 Å². The topological polar surface area (TPSA) is 57.7 Å². The second-order valence-corrected chi connectivity index (χ2v) is 3.29. The number of halogens is 2. The second kappa shape index (κ2) is 6.13. The van der Waals surface area contributed by atoms with Crippen molar-refractivity contribution in [3.8, 4) is 11.6 Å². The monoisotopic (exact) mass is 261 g/mol. The first-order chi connectivity index (χ1) is 8.54. The number of pyridine rings is 1. The molecule has 18 heavy (non-hydrogen) atoms. The molecular formula is C11H13F2NO4. The molecule has 0 saturated heterocycles.